The minimum Gasteiger partial charge on any atom is -0.315 e. The molecule has 1 saturated heterocycles. The molecule has 0 spiro atoms. The van der Waals surface area contributed by atoms with Crippen LogP contribution in [-0.4, -0.2) is 27.5 Å². The van der Waals surface area contributed by atoms with Crippen molar-refractivity contribution in [3.8, 4) is 11.1 Å². The van der Waals surface area contributed by atoms with Gasteiger partial charge in [-0.15, -0.1) is 0 Å². The monoisotopic (exact) mass is 380 g/mol. The third kappa shape index (κ3) is 3.57. The molecule has 2 aromatic rings. The molecule has 0 saturated carbocycles. The maximum absolute atomic E-state index is 12.3. The van der Waals surface area contributed by atoms with Crippen LogP contribution in [0.4, 0.5) is 0 Å². The van der Waals surface area contributed by atoms with Crippen LogP contribution in [0.2, 0.25) is 0 Å². The van der Waals surface area contributed by atoms with E-state index in [0.29, 0.717) is 11.4 Å². The summed E-state index contributed by atoms with van der Waals surface area (Å²) >= 11 is 3.40. The van der Waals surface area contributed by atoms with E-state index in [-0.39, 0.29) is 6.04 Å². The Morgan fingerprint density at radius 2 is 1.59 bits per heavy atom. The second-order valence-electron chi connectivity index (χ2n) is 5.34. The van der Waals surface area contributed by atoms with Crippen LogP contribution in [0, 0.1) is 0 Å². The fourth-order valence-corrected chi connectivity index (χ4v) is 4.05. The largest absolute Gasteiger partial charge is 0.315 e. The summed E-state index contributed by atoms with van der Waals surface area (Å²) in [5.74, 6) is 0. The molecule has 1 aliphatic heterocycles. The Labute approximate surface area is 139 Å². The average Bonchev–Trinajstić information content (AvgIpc) is 3.00. The average molecular weight is 381 g/mol. The first-order valence-corrected chi connectivity index (χ1v) is 9.41. The molecular weight excluding hydrogens is 364 g/mol. The molecule has 0 aromatic heterocycles. The zero-order valence-corrected chi connectivity index (χ0v) is 14.3. The van der Waals surface area contributed by atoms with E-state index < -0.39 is 10.0 Å². The number of halogens is 1. The van der Waals surface area contributed by atoms with Crippen LogP contribution < -0.4 is 10.0 Å². The van der Waals surface area contributed by atoms with E-state index in [4.69, 9.17) is 0 Å². The van der Waals surface area contributed by atoms with E-state index in [0.717, 1.165) is 28.6 Å². The minimum absolute atomic E-state index is 0.0175. The Bertz CT molecular complexity index is 737. The summed E-state index contributed by atoms with van der Waals surface area (Å²) in [5.41, 5.74) is 2.05. The molecule has 6 heteroatoms. The Kier molecular flexibility index (Phi) is 4.63. The van der Waals surface area contributed by atoms with Gasteiger partial charge in [-0.1, -0.05) is 40.2 Å². The summed E-state index contributed by atoms with van der Waals surface area (Å²) in [6, 6.07) is 14.9. The van der Waals surface area contributed by atoms with Crippen LogP contribution in [0.1, 0.15) is 6.42 Å². The molecule has 0 radical (unpaired) electrons. The highest BCUT2D eigenvalue weighted by atomic mass is 79.9. The zero-order valence-electron chi connectivity index (χ0n) is 11.9. The van der Waals surface area contributed by atoms with Crippen LogP contribution in [0.5, 0.6) is 0 Å². The van der Waals surface area contributed by atoms with Gasteiger partial charge in [0.2, 0.25) is 10.0 Å². The highest BCUT2D eigenvalue weighted by Gasteiger charge is 2.22. The van der Waals surface area contributed by atoms with E-state index in [2.05, 4.69) is 26.0 Å². The van der Waals surface area contributed by atoms with Crippen LogP contribution in [0.3, 0.4) is 0 Å². The highest BCUT2D eigenvalue weighted by molar-refractivity contribution is 9.10. The molecule has 1 heterocycles. The topological polar surface area (TPSA) is 58.2 Å². The second kappa shape index (κ2) is 6.50. The van der Waals surface area contributed by atoms with Gasteiger partial charge in [-0.2, -0.15) is 0 Å². The fraction of sp³-hybridized carbons (Fsp3) is 0.250. The molecule has 1 aliphatic rings. The molecule has 116 valence electrons. The Hall–Kier alpha value is -1.21. The van der Waals surface area contributed by atoms with Gasteiger partial charge in [-0.05, 0) is 48.4 Å². The third-order valence-corrected chi connectivity index (χ3v) is 5.79. The zero-order chi connectivity index (χ0) is 15.6. The van der Waals surface area contributed by atoms with Gasteiger partial charge in [0.15, 0.2) is 0 Å². The number of hydrogen-bond donors (Lipinski definition) is 2. The lowest BCUT2D eigenvalue weighted by molar-refractivity contribution is 0.560. The van der Waals surface area contributed by atoms with Gasteiger partial charge in [0.05, 0.1) is 4.90 Å². The molecule has 1 unspecified atom stereocenters. The fourth-order valence-electron chi connectivity index (χ4n) is 2.51. The predicted octanol–water partition coefficient (Wildman–Crippen LogP) is 2.76. The van der Waals surface area contributed by atoms with Crippen molar-refractivity contribution < 1.29 is 8.42 Å². The molecule has 4 nitrogen and oxygen atoms in total. The van der Waals surface area contributed by atoms with Crippen LogP contribution in [0.25, 0.3) is 11.1 Å². The normalized spacial score (nSPS) is 18.5. The SMILES string of the molecule is O=S(=O)(NC1CCNC1)c1ccc(-c2ccc(Br)cc2)cc1. The second-order valence-corrected chi connectivity index (χ2v) is 7.97. The molecule has 0 bridgehead atoms. The van der Waals surface area contributed by atoms with E-state index in [1.165, 1.54) is 0 Å². The molecule has 1 fully saturated rings. The van der Waals surface area contributed by atoms with Gasteiger partial charge in [0.1, 0.15) is 0 Å². The predicted molar refractivity (Wildman–Crippen MR) is 91.2 cm³/mol. The smallest absolute Gasteiger partial charge is 0.240 e. The summed E-state index contributed by atoms with van der Waals surface area (Å²) in [6.07, 6.45) is 0.830. The summed E-state index contributed by atoms with van der Waals surface area (Å²) in [5, 5.41) is 3.15. The van der Waals surface area contributed by atoms with E-state index in [9.17, 15) is 8.42 Å². The molecule has 3 rings (SSSR count). The lowest BCUT2D eigenvalue weighted by atomic mass is 10.1. The molecule has 1 atom stereocenters. The highest BCUT2D eigenvalue weighted by Crippen LogP contribution is 2.23. The summed E-state index contributed by atoms with van der Waals surface area (Å²) in [4.78, 5) is 0.306. The Morgan fingerprint density at radius 1 is 1.00 bits per heavy atom. The van der Waals surface area contributed by atoms with Crippen molar-refractivity contribution in [2.45, 2.75) is 17.4 Å². The lowest BCUT2D eigenvalue weighted by Gasteiger charge is -2.12. The molecule has 0 amide bonds. The van der Waals surface area contributed by atoms with E-state index in [1.54, 1.807) is 12.1 Å². The molecule has 2 N–H and O–H groups in total. The van der Waals surface area contributed by atoms with Gasteiger partial charge < -0.3 is 5.32 Å². The first-order valence-electron chi connectivity index (χ1n) is 7.14. The minimum atomic E-state index is -3.45. The van der Waals surface area contributed by atoms with Crippen LogP contribution in [0.15, 0.2) is 57.9 Å². The van der Waals surface area contributed by atoms with Crippen molar-refractivity contribution in [2.75, 3.05) is 13.1 Å². The summed E-state index contributed by atoms with van der Waals surface area (Å²) < 4.78 is 28.4. The van der Waals surface area contributed by atoms with Crippen molar-refractivity contribution >= 4 is 26.0 Å². The summed E-state index contributed by atoms with van der Waals surface area (Å²) in [7, 11) is -3.45. The Morgan fingerprint density at radius 3 is 2.14 bits per heavy atom. The first kappa shape index (κ1) is 15.7. The standard InChI is InChI=1S/C16H17BrN2O2S/c17-14-5-1-12(2-6-14)13-3-7-16(8-4-13)22(20,21)19-15-9-10-18-11-15/h1-8,15,18-19H,9-11H2. The maximum Gasteiger partial charge on any atom is 0.240 e. The van der Waals surface area contributed by atoms with E-state index in [1.807, 2.05) is 36.4 Å². The van der Waals surface area contributed by atoms with Gasteiger partial charge in [-0.25, -0.2) is 13.1 Å². The number of hydrogen-bond acceptors (Lipinski definition) is 3. The summed E-state index contributed by atoms with van der Waals surface area (Å²) in [6.45, 7) is 1.55. The van der Waals surface area contributed by atoms with Gasteiger partial charge in [0, 0.05) is 17.1 Å². The molecule has 22 heavy (non-hydrogen) atoms. The van der Waals surface area contributed by atoms with Gasteiger partial charge in [-0.3, -0.25) is 0 Å². The van der Waals surface area contributed by atoms with Gasteiger partial charge >= 0.3 is 0 Å². The molecule has 2 aromatic carbocycles. The Balaban J connectivity index is 1.79. The first-order chi connectivity index (χ1) is 10.5. The lowest BCUT2D eigenvalue weighted by Crippen LogP contribution is -2.36. The van der Waals surface area contributed by atoms with E-state index >= 15 is 0 Å². The van der Waals surface area contributed by atoms with Crippen molar-refractivity contribution in [3.05, 3.63) is 53.0 Å². The third-order valence-electron chi connectivity index (χ3n) is 3.72. The maximum atomic E-state index is 12.3. The molecular formula is C16H17BrN2O2S. The number of sulfonamides is 1. The number of rotatable bonds is 4. The van der Waals surface area contributed by atoms with Crippen molar-refractivity contribution in [1.82, 2.24) is 10.0 Å². The molecule has 0 aliphatic carbocycles. The van der Waals surface area contributed by atoms with Crippen LogP contribution in [-0.2, 0) is 10.0 Å². The number of benzene rings is 2. The van der Waals surface area contributed by atoms with Crippen LogP contribution >= 0.6 is 15.9 Å². The van der Waals surface area contributed by atoms with Crippen molar-refractivity contribution in [1.29, 1.82) is 0 Å². The van der Waals surface area contributed by atoms with Crippen molar-refractivity contribution in [3.63, 3.8) is 0 Å². The number of nitrogens with one attached hydrogen (secondary N) is 2. The van der Waals surface area contributed by atoms with Gasteiger partial charge in [0.25, 0.3) is 0 Å². The van der Waals surface area contributed by atoms with Crippen molar-refractivity contribution in [2.24, 2.45) is 0 Å². The quantitative estimate of drug-likeness (QED) is 0.857.